The Morgan fingerprint density at radius 3 is 2.65 bits per heavy atom. The fraction of sp³-hybridized carbons (Fsp3) is 0.750. The molecule has 5 atom stereocenters. The van der Waals surface area contributed by atoms with Gasteiger partial charge in [-0.25, -0.2) is 4.79 Å². The molecule has 0 amide bonds. The van der Waals surface area contributed by atoms with E-state index in [4.69, 9.17) is 4.74 Å². The second-order valence-corrected chi connectivity index (χ2v) is 8.73. The maximum Gasteiger partial charge on any atom is 0.331 e. The second-order valence-electron chi connectivity index (χ2n) is 8.73. The summed E-state index contributed by atoms with van der Waals surface area (Å²) in [6.07, 6.45) is 6.13. The first-order chi connectivity index (χ1) is 10.7. The Morgan fingerprint density at radius 1 is 1.35 bits per heavy atom. The first kappa shape index (κ1) is 16.8. The number of allylic oxidation sites excluding steroid dienone is 1. The van der Waals surface area contributed by atoms with Crippen molar-refractivity contribution in [2.45, 2.75) is 72.0 Å². The van der Waals surface area contributed by atoms with Gasteiger partial charge in [0.05, 0.1) is 6.10 Å². The average Bonchev–Trinajstić information content (AvgIpc) is 2.77. The molecule has 0 aromatic heterocycles. The smallest absolute Gasteiger partial charge is 0.331 e. The fourth-order valence-corrected chi connectivity index (χ4v) is 5.60. The summed E-state index contributed by atoms with van der Waals surface area (Å²) in [7, 11) is 0. The highest BCUT2D eigenvalue weighted by Gasteiger charge is 2.56. The molecule has 2 fully saturated rings. The molecule has 3 heteroatoms. The third-order valence-corrected chi connectivity index (χ3v) is 7.11. The van der Waals surface area contributed by atoms with Gasteiger partial charge < -0.3 is 9.84 Å². The maximum absolute atomic E-state index is 11.5. The van der Waals surface area contributed by atoms with Gasteiger partial charge in [-0.05, 0) is 67.3 Å². The van der Waals surface area contributed by atoms with Gasteiger partial charge in [0.1, 0.15) is 6.10 Å². The molecule has 0 radical (unpaired) electrons. The molecule has 0 saturated heterocycles. The topological polar surface area (TPSA) is 46.5 Å². The third kappa shape index (κ3) is 2.57. The Labute approximate surface area is 139 Å². The molecule has 1 unspecified atom stereocenters. The van der Waals surface area contributed by atoms with Crippen molar-refractivity contribution in [1.29, 1.82) is 0 Å². The van der Waals surface area contributed by atoms with Gasteiger partial charge >= 0.3 is 5.97 Å². The van der Waals surface area contributed by atoms with Crippen LogP contribution in [0.15, 0.2) is 23.8 Å². The van der Waals surface area contributed by atoms with E-state index in [0.717, 1.165) is 37.7 Å². The van der Waals surface area contributed by atoms with E-state index in [-0.39, 0.29) is 29.0 Å². The molecule has 3 nitrogen and oxygen atoms in total. The van der Waals surface area contributed by atoms with Gasteiger partial charge in [0.15, 0.2) is 0 Å². The van der Waals surface area contributed by atoms with Crippen molar-refractivity contribution in [2.75, 3.05) is 0 Å². The molecule has 0 aromatic rings. The van der Waals surface area contributed by atoms with Gasteiger partial charge in [-0.2, -0.15) is 0 Å². The molecule has 3 rings (SSSR count). The standard InChI is InChI=1S/C20H30O3/c1-12-6-7-16-19(3,4)17(21)8-9-20(16,5)14(12)11-15-13(2)10-18(22)23-15/h10,14-17,21H,1,6-9,11H2,2-5H3/t14-,15-,16?,17-,20+/m0/s1. The third-order valence-electron chi connectivity index (χ3n) is 7.11. The van der Waals surface area contributed by atoms with E-state index in [0.29, 0.717) is 11.8 Å². The van der Waals surface area contributed by atoms with Crippen LogP contribution in [-0.2, 0) is 9.53 Å². The number of rotatable bonds is 2. The molecule has 23 heavy (non-hydrogen) atoms. The zero-order valence-corrected chi connectivity index (χ0v) is 14.9. The van der Waals surface area contributed by atoms with Crippen LogP contribution in [0, 0.1) is 22.7 Å². The highest BCUT2D eigenvalue weighted by atomic mass is 16.5. The van der Waals surface area contributed by atoms with E-state index >= 15 is 0 Å². The monoisotopic (exact) mass is 318 g/mol. The van der Waals surface area contributed by atoms with Crippen molar-refractivity contribution in [3.63, 3.8) is 0 Å². The zero-order chi connectivity index (χ0) is 17.0. The van der Waals surface area contributed by atoms with Crippen LogP contribution in [0.3, 0.4) is 0 Å². The number of esters is 1. The molecular formula is C20H30O3. The van der Waals surface area contributed by atoms with Crippen molar-refractivity contribution >= 4 is 5.97 Å². The van der Waals surface area contributed by atoms with Gasteiger partial charge in [0, 0.05) is 6.08 Å². The summed E-state index contributed by atoms with van der Waals surface area (Å²) in [4.78, 5) is 11.5. The number of hydrogen-bond donors (Lipinski definition) is 1. The maximum atomic E-state index is 11.5. The number of cyclic esters (lactones) is 1. The Kier molecular flexibility index (Phi) is 3.99. The van der Waals surface area contributed by atoms with Crippen molar-refractivity contribution in [3.05, 3.63) is 23.8 Å². The van der Waals surface area contributed by atoms with E-state index in [9.17, 15) is 9.90 Å². The Hall–Kier alpha value is -1.09. The van der Waals surface area contributed by atoms with Crippen molar-refractivity contribution in [1.82, 2.24) is 0 Å². The van der Waals surface area contributed by atoms with Gasteiger partial charge in [-0.1, -0.05) is 32.9 Å². The molecule has 1 N–H and O–H groups in total. The van der Waals surface area contributed by atoms with E-state index < -0.39 is 0 Å². The van der Waals surface area contributed by atoms with Crippen LogP contribution in [0.5, 0.6) is 0 Å². The fourth-order valence-electron chi connectivity index (χ4n) is 5.60. The molecule has 1 heterocycles. The van der Waals surface area contributed by atoms with Gasteiger partial charge in [-0.15, -0.1) is 0 Å². The van der Waals surface area contributed by atoms with E-state index in [1.807, 2.05) is 6.92 Å². The summed E-state index contributed by atoms with van der Waals surface area (Å²) >= 11 is 0. The zero-order valence-electron chi connectivity index (χ0n) is 14.9. The second kappa shape index (κ2) is 5.47. The number of aliphatic hydroxyl groups is 1. The number of carbonyl (C=O) groups excluding carboxylic acids is 1. The largest absolute Gasteiger partial charge is 0.455 e. The summed E-state index contributed by atoms with van der Waals surface area (Å²) < 4.78 is 5.50. The van der Waals surface area contributed by atoms with Crippen LogP contribution in [0.2, 0.25) is 0 Å². The summed E-state index contributed by atoms with van der Waals surface area (Å²) in [6.45, 7) is 13.1. The lowest BCUT2D eigenvalue weighted by Crippen LogP contribution is -2.55. The highest BCUT2D eigenvalue weighted by molar-refractivity contribution is 5.85. The lowest BCUT2D eigenvalue weighted by molar-refractivity contribution is -0.144. The van der Waals surface area contributed by atoms with Crippen LogP contribution in [0.25, 0.3) is 0 Å². The number of fused-ring (bicyclic) bond motifs is 1. The Bertz CT molecular complexity index is 559. The molecular weight excluding hydrogens is 288 g/mol. The molecule has 3 aliphatic rings. The number of ether oxygens (including phenoxy) is 1. The molecule has 2 aliphatic carbocycles. The molecule has 2 saturated carbocycles. The lowest BCUT2D eigenvalue weighted by Gasteiger charge is -2.59. The molecule has 1 aliphatic heterocycles. The van der Waals surface area contributed by atoms with Crippen molar-refractivity contribution < 1.29 is 14.6 Å². The van der Waals surface area contributed by atoms with Crippen molar-refractivity contribution in [2.24, 2.45) is 22.7 Å². The lowest BCUT2D eigenvalue weighted by atomic mass is 9.46. The summed E-state index contributed by atoms with van der Waals surface area (Å²) in [5.74, 6) is 0.623. The molecule has 128 valence electrons. The molecule has 0 bridgehead atoms. The Morgan fingerprint density at radius 2 is 2.04 bits per heavy atom. The van der Waals surface area contributed by atoms with Gasteiger partial charge in [0.25, 0.3) is 0 Å². The van der Waals surface area contributed by atoms with Crippen LogP contribution in [-0.4, -0.2) is 23.3 Å². The predicted octanol–water partition coefficient (Wildman–Crippen LogP) is 4.02. The number of carbonyl (C=O) groups is 1. The summed E-state index contributed by atoms with van der Waals surface area (Å²) in [6, 6.07) is 0. The predicted molar refractivity (Wildman–Crippen MR) is 90.7 cm³/mol. The molecule has 0 aromatic carbocycles. The van der Waals surface area contributed by atoms with E-state index in [1.165, 1.54) is 5.57 Å². The number of aliphatic hydroxyl groups excluding tert-OH is 1. The SMILES string of the molecule is C=C1CCC2C(C)(C)[C@@H](O)CC[C@]2(C)[C@H]1C[C@@H]1OC(=O)C=C1C. The Balaban J connectivity index is 1.88. The van der Waals surface area contributed by atoms with Crippen LogP contribution in [0.1, 0.15) is 59.8 Å². The molecule has 0 spiro atoms. The van der Waals surface area contributed by atoms with E-state index in [2.05, 4.69) is 27.4 Å². The van der Waals surface area contributed by atoms with Crippen LogP contribution >= 0.6 is 0 Å². The first-order valence-electron chi connectivity index (χ1n) is 8.91. The normalized spacial score (nSPS) is 42.9. The van der Waals surface area contributed by atoms with Crippen LogP contribution in [0.4, 0.5) is 0 Å². The first-order valence-corrected chi connectivity index (χ1v) is 8.91. The van der Waals surface area contributed by atoms with Gasteiger partial charge in [-0.3, -0.25) is 0 Å². The van der Waals surface area contributed by atoms with Gasteiger partial charge in [0.2, 0.25) is 0 Å². The van der Waals surface area contributed by atoms with Crippen LogP contribution < -0.4 is 0 Å². The average molecular weight is 318 g/mol. The number of hydrogen-bond acceptors (Lipinski definition) is 3. The van der Waals surface area contributed by atoms with E-state index in [1.54, 1.807) is 6.08 Å². The minimum atomic E-state index is -0.224. The summed E-state index contributed by atoms with van der Waals surface area (Å²) in [5, 5.41) is 10.5. The highest BCUT2D eigenvalue weighted by Crippen LogP contribution is 2.62. The minimum Gasteiger partial charge on any atom is -0.455 e. The quantitative estimate of drug-likeness (QED) is 0.618. The summed E-state index contributed by atoms with van der Waals surface area (Å²) in [5.41, 5.74) is 2.39. The minimum absolute atomic E-state index is 0.0663. The van der Waals surface area contributed by atoms with Crippen molar-refractivity contribution in [3.8, 4) is 0 Å².